The van der Waals surface area contributed by atoms with E-state index in [1.165, 1.54) is 24.3 Å². The van der Waals surface area contributed by atoms with E-state index in [2.05, 4.69) is 0 Å². The molecule has 1 aliphatic heterocycles. The smallest absolute Gasteiger partial charge is 0.417 e. The van der Waals surface area contributed by atoms with Crippen molar-refractivity contribution in [1.82, 2.24) is 4.90 Å². The van der Waals surface area contributed by atoms with Crippen LogP contribution in [-0.2, 0) is 9.53 Å². The summed E-state index contributed by atoms with van der Waals surface area (Å²) >= 11 is 0. The first-order valence-corrected chi connectivity index (χ1v) is 7.77. The highest BCUT2D eigenvalue weighted by Crippen LogP contribution is 2.35. The van der Waals surface area contributed by atoms with Crippen molar-refractivity contribution in [2.75, 3.05) is 6.61 Å². The van der Waals surface area contributed by atoms with Gasteiger partial charge in [0.2, 0.25) is 0 Å². The molecule has 1 heterocycles. The molecule has 1 aliphatic rings. The van der Waals surface area contributed by atoms with Crippen LogP contribution in [0.25, 0.3) is 5.57 Å². The highest BCUT2D eigenvalue weighted by Gasteiger charge is 2.41. The number of amides is 2. The zero-order valence-electron chi connectivity index (χ0n) is 13.4. The first-order valence-electron chi connectivity index (χ1n) is 7.77. The number of cyclic esters (lactones) is 1. The number of imide groups is 1. The van der Waals surface area contributed by atoms with Gasteiger partial charge in [-0.15, -0.1) is 0 Å². The third kappa shape index (κ3) is 3.61. The van der Waals surface area contributed by atoms with Gasteiger partial charge in [-0.05, 0) is 11.1 Å². The molecule has 7 heteroatoms. The minimum atomic E-state index is -4.75. The van der Waals surface area contributed by atoms with E-state index in [1.54, 1.807) is 36.4 Å². The number of rotatable bonds is 3. The molecule has 26 heavy (non-hydrogen) atoms. The van der Waals surface area contributed by atoms with Crippen molar-refractivity contribution < 1.29 is 27.5 Å². The monoisotopic (exact) mass is 361 g/mol. The average molecular weight is 361 g/mol. The molecule has 0 aliphatic carbocycles. The lowest BCUT2D eigenvalue weighted by atomic mass is 10.0. The quantitative estimate of drug-likeness (QED) is 0.764. The highest BCUT2D eigenvalue weighted by atomic mass is 19.4. The molecular formula is C19H14F3NO3. The summed E-state index contributed by atoms with van der Waals surface area (Å²) in [6, 6.07) is 14.7. The normalized spacial score (nSPS) is 18.0. The summed E-state index contributed by atoms with van der Waals surface area (Å²) in [5, 5.41) is 0. The Labute approximate surface area is 147 Å². The van der Waals surface area contributed by atoms with Crippen molar-refractivity contribution in [1.29, 1.82) is 0 Å². The minimum absolute atomic E-state index is 0.102. The number of benzene rings is 2. The number of allylic oxidation sites excluding steroid dienone is 1. The second-order valence-electron chi connectivity index (χ2n) is 5.63. The molecule has 4 nitrogen and oxygen atoms in total. The van der Waals surface area contributed by atoms with Crippen LogP contribution in [0.3, 0.4) is 0 Å². The van der Waals surface area contributed by atoms with E-state index in [9.17, 15) is 22.8 Å². The lowest BCUT2D eigenvalue weighted by Gasteiger charge is -2.19. The molecule has 0 N–H and O–H groups in total. The van der Waals surface area contributed by atoms with Crippen LogP contribution < -0.4 is 0 Å². The van der Waals surface area contributed by atoms with Gasteiger partial charge < -0.3 is 4.74 Å². The van der Waals surface area contributed by atoms with Gasteiger partial charge in [0.15, 0.2) is 0 Å². The summed E-state index contributed by atoms with van der Waals surface area (Å²) < 4.78 is 45.1. The van der Waals surface area contributed by atoms with Crippen molar-refractivity contribution in [3.63, 3.8) is 0 Å². The van der Waals surface area contributed by atoms with Crippen LogP contribution >= 0.6 is 0 Å². The van der Waals surface area contributed by atoms with Gasteiger partial charge in [0.05, 0.1) is 5.57 Å². The summed E-state index contributed by atoms with van der Waals surface area (Å²) in [6.45, 7) is -0.102. The van der Waals surface area contributed by atoms with Crippen molar-refractivity contribution in [3.8, 4) is 0 Å². The number of carbonyl (C=O) groups is 2. The molecule has 2 aromatic rings. The molecular weight excluding hydrogens is 347 g/mol. The summed E-state index contributed by atoms with van der Waals surface area (Å²) in [5.74, 6) is -1.07. The van der Waals surface area contributed by atoms with Gasteiger partial charge in [0, 0.05) is 6.08 Å². The van der Waals surface area contributed by atoms with Crippen LogP contribution in [0.1, 0.15) is 17.2 Å². The van der Waals surface area contributed by atoms with Crippen LogP contribution in [0.2, 0.25) is 0 Å². The molecule has 1 fully saturated rings. The van der Waals surface area contributed by atoms with Crippen LogP contribution in [0.4, 0.5) is 18.0 Å². The number of alkyl halides is 3. The van der Waals surface area contributed by atoms with E-state index in [0.29, 0.717) is 16.5 Å². The maximum absolute atomic E-state index is 13.4. The predicted molar refractivity (Wildman–Crippen MR) is 87.9 cm³/mol. The van der Waals surface area contributed by atoms with E-state index < -0.39 is 29.8 Å². The van der Waals surface area contributed by atoms with Crippen molar-refractivity contribution >= 4 is 17.6 Å². The molecule has 1 atom stereocenters. The molecule has 2 aromatic carbocycles. The number of nitrogens with zero attached hydrogens (tertiary/aromatic N) is 1. The van der Waals surface area contributed by atoms with Gasteiger partial charge in [0.1, 0.15) is 12.6 Å². The van der Waals surface area contributed by atoms with Crippen molar-refractivity contribution in [2.24, 2.45) is 0 Å². The fourth-order valence-corrected chi connectivity index (χ4v) is 2.73. The van der Waals surface area contributed by atoms with Gasteiger partial charge in [-0.2, -0.15) is 13.2 Å². The topological polar surface area (TPSA) is 46.6 Å². The maximum atomic E-state index is 13.4. The molecule has 0 saturated carbocycles. The van der Waals surface area contributed by atoms with Crippen LogP contribution in [-0.4, -0.2) is 29.7 Å². The fraction of sp³-hybridized carbons (Fsp3) is 0.158. The Hall–Kier alpha value is -3.09. The molecule has 0 radical (unpaired) electrons. The molecule has 0 aromatic heterocycles. The zero-order chi connectivity index (χ0) is 18.7. The Morgan fingerprint density at radius 1 is 1.04 bits per heavy atom. The minimum Gasteiger partial charge on any atom is -0.446 e. The lowest BCUT2D eigenvalue weighted by Crippen LogP contribution is -2.33. The Morgan fingerprint density at radius 3 is 2.19 bits per heavy atom. The van der Waals surface area contributed by atoms with Gasteiger partial charge in [0.25, 0.3) is 5.91 Å². The lowest BCUT2D eigenvalue weighted by molar-refractivity contribution is -0.124. The van der Waals surface area contributed by atoms with E-state index in [0.717, 1.165) is 0 Å². The zero-order valence-corrected chi connectivity index (χ0v) is 13.4. The van der Waals surface area contributed by atoms with Crippen molar-refractivity contribution in [3.05, 3.63) is 77.9 Å². The average Bonchev–Trinajstić information content (AvgIpc) is 3.01. The molecule has 3 rings (SSSR count). The van der Waals surface area contributed by atoms with Crippen LogP contribution in [0.15, 0.2) is 66.7 Å². The molecule has 134 valence electrons. The van der Waals surface area contributed by atoms with E-state index in [1.807, 2.05) is 0 Å². The number of hydrogen-bond donors (Lipinski definition) is 0. The highest BCUT2D eigenvalue weighted by molar-refractivity contribution is 6.04. The summed E-state index contributed by atoms with van der Waals surface area (Å²) in [4.78, 5) is 25.2. The molecule has 1 saturated heterocycles. The summed E-state index contributed by atoms with van der Waals surface area (Å²) in [6.07, 6.45) is -5.27. The maximum Gasteiger partial charge on any atom is 0.417 e. The van der Waals surface area contributed by atoms with E-state index in [-0.39, 0.29) is 12.2 Å². The molecule has 2 amide bonds. The molecule has 0 spiro atoms. The van der Waals surface area contributed by atoms with E-state index >= 15 is 0 Å². The Kier molecular flexibility index (Phi) is 4.79. The standard InChI is InChI=1S/C19H14F3NO3/c20-19(21,22)15(13-7-3-1-4-8-13)11-17(24)23-16(12-26-18(23)25)14-9-5-2-6-10-14/h1-11,16H,12H2/b15-11+/t16-/m1/s1. The number of hydrogen-bond acceptors (Lipinski definition) is 3. The fourth-order valence-electron chi connectivity index (χ4n) is 2.73. The van der Waals surface area contributed by atoms with Gasteiger partial charge >= 0.3 is 12.3 Å². The largest absolute Gasteiger partial charge is 0.446 e. The first kappa shape index (κ1) is 17.7. The third-order valence-corrected chi connectivity index (χ3v) is 3.95. The van der Waals surface area contributed by atoms with Gasteiger partial charge in [-0.3, -0.25) is 4.79 Å². The SMILES string of the molecule is O=C(/C=C(\c1ccccc1)C(F)(F)F)N1C(=O)OC[C@@H]1c1ccccc1. The molecule has 0 unspecified atom stereocenters. The predicted octanol–water partition coefficient (Wildman–Crippen LogP) is 4.35. The Bertz CT molecular complexity index is 832. The first-order chi connectivity index (χ1) is 12.4. The molecule has 0 bridgehead atoms. The number of carbonyl (C=O) groups excluding carboxylic acids is 2. The Morgan fingerprint density at radius 2 is 1.62 bits per heavy atom. The third-order valence-electron chi connectivity index (χ3n) is 3.95. The van der Waals surface area contributed by atoms with Gasteiger partial charge in [-0.25, -0.2) is 9.69 Å². The second kappa shape index (κ2) is 7.03. The summed E-state index contributed by atoms with van der Waals surface area (Å²) in [7, 11) is 0. The number of halogens is 3. The van der Waals surface area contributed by atoms with Crippen molar-refractivity contribution in [2.45, 2.75) is 12.2 Å². The summed E-state index contributed by atoms with van der Waals surface area (Å²) in [5.41, 5.74) is -0.667. The van der Waals surface area contributed by atoms with E-state index in [4.69, 9.17) is 4.74 Å². The van der Waals surface area contributed by atoms with Gasteiger partial charge in [-0.1, -0.05) is 60.7 Å². The van der Waals surface area contributed by atoms with Crippen LogP contribution in [0.5, 0.6) is 0 Å². The second-order valence-corrected chi connectivity index (χ2v) is 5.63. The number of ether oxygens (including phenoxy) is 1. The Balaban J connectivity index is 1.97. The van der Waals surface area contributed by atoms with Crippen LogP contribution in [0, 0.1) is 0 Å².